The third kappa shape index (κ3) is 2.76. The number of benzene rings is 1. The molecule has 0 atom stereocenters. The third-order valence-electron chi connectivity index (χ3n) is 3.24. The molecule has 0 unspecified atom stereocenters. The fourth-order valence-electron chi connectivity index (χ4n) is 2.02. The Bertz CT molecular complexity index is 719. The number of nitrogens with zero attached hydrogens (tertiary/aromatic N) is 3. The minimum absolute atomic E-state index is 0.135. The van der Waals surface area contributed by atoms with Gasteiger partial charge in [-0.1, -0.05) is 13.8 Å². The van der Waals surface area contributed by atoms with E-state index in [1.165, 1.54) is 10.7 Å². The number of aromatic carboxylic acids is 1. The Balaban J connectivity index is 2.65. The van der Waals surface area contributed by atoms with Crippen molar-refractivity contribution in [1.29, 1.82) is 0 Å². The summed E-state index contributed by atoms with van der Waals surface area (Å²) < 4.78 is 1.48. The lowest BCUT2D eigenvalue weighted by molar-refractivity contribution is -0.385. The molecule has 0 radical (unpaired) electrons. The molecule has 2 rings (SSSR count). The van der Waals surface area contributed by atoms with Crippen LogP contribution in [0.3, 0.4) is 0 Å². The Morgan fingerprint density at radius 1 is 1.43 bits per heavy atom. The van der Waals surface area contributed by atoms with Crippen LogP contribution in [-0.2, 0) is 0 Å². The molecule has 1 N–H and O–H groups in total. The van der Waals surface area contributed by atoms with Crippen molar-refractivity contribution in [2.24, 2.45) is 0 Å². The minimum atomic E-state index is -1.21. The third-order valence-corrected chi connectivity index (χ3v) is 3.24. The van der Waals surface area contributed by atoms with Gasteiger partial charge in [0.2, 0.25) is 0 Å². The molecule has 0 aliphatic carbocycles. The average Bonchev–Trinajstić information content (AvgIpc) is 2.87. The molecule has 0 saturated heterocycles. The molecule has 2 aromatic rings. The number of carboxylic acids is 1. The summed E-state index contributed by atoms with van der Waals surface area (Å²) in [6.07, 6.45) is 1.67. The summed E-state index contributed by atoms with van der Waals surface area (Å²) in [5.74, 6) is -1.00. The number of hydrogen-bond acceptors (Lipinski definition) is 4. The molecule has 7 nitrogen and oxygen atoms in total. The van der Waals surface area contributed by atoms with Crippen LogP contribution in [0.2, 0.25) is 0 Å². The van der Waals surface area contributed by atoms with Crippen molar-refractivity contribution >= 4 is 11.7 Å². The summed E-state index contributed by atoms with van der Waals surface area (Å²) in [6.45, 7) is 5.54. The van der Waals surface area contributed by atoms with E-state index in [-0.39, 0.29) is 17.2 Å². The Morgan fingerprint density at radius 3 is 2.57 bits per heavy atom. The molecule has 0 saturated carbocycles. The summed E-state index contributed by atoms with van der Waals surface area (Å²) in [6, 6.07) is 4.26. The van der Waals surface area contributed by atoms with Crippen molar-refractivity contribution < 1.29 is 14.8 Å². The first kappa shape index (κ1) is 14.7. The van der Waals surface area contributed by atoms with Crippen LogP contribution in [0.1, 0.15) is 41.4 Å². The molecular weight excluding hydrogens is 274 g/mol. The molecule has 0 bridgehead atoms. The van der Waals surface area contributed by atoms with E-state index in [0.29, 0.717) is 11.3 Å². The van der Waals surface area contributed by atoms with Crippen molar-refractivity contribution in [3.8, 4) is 5.69 Å². The summed E-state index contributed by atoms with van der Waals surface area (Å²) in [5, 5.41) is 24.5. The summed E-state index contributed by atoms with van der Waals surface area (Å²) in [4.78, 5) is 21.6. The topological polar surface area (TPSA) is 98.3 Å². The predicted molar refractivity (Wildman–Crippen MR) is 76.0 cm³/mol. The van der Waals surface area contributed by atoms with Crippen LogP contribution in [0.15, 0.2) is 24.4 Å². The molecule has 0 aliphatic heterocycles. The summed E-state index contributed by atoms with van der Waals surface area (Å²) in [7, 11) is 0. The van der Waals surface area contributed by atoms with Crippen molar-refractivity contribution in [3.63, 3.8) is 0 Å². The molecular formula is C14H15N3O4. The second-order valence-electron chi connectivity index (χ2n) is 5.04. The second-order valence-corrected chi connectivity index (χ2v) is 5.04. The highest BCUT2D eigenvalue weighted by Crippen LogP contribution is 2.27. The second kappa shape index (κ2) is 5.35. The van der Waals surface area contributed by atoms with E-state index in [2.05, 4.69) is 5.10 Å². The first-order valence-corrected chi connectivity index (χ1v) is 6.39. The quantitative estimate of drug-likeness (QED) is 0.689. The Kier molecular flexibility index (Phi) is 3.75. The number of rotatable bonds is 4. The maximum absolute atomic E-state index is 11.1. The number of carbonyl (C=O) groups is 1. The van der Waals surface area contributed by atoms with Crippen LogP contribution in [0.5, 0.6) is 0 Å². The lowest BCUT2D eigenvalue weighted by Gasteiger charge is -2.08. The molecule has 21 heavy (non-hydrogen) atoms. The SMILES string of the molecule is Cc1c(-n2ccc(C(C)C)n2)cc(C(=O)O)cc1[N+](=O)[O-]. The van der Waals surface area contributed by atoms with Gasteiger partial charge in [0.25, 0.3) is 5.69 Å². The molecule has 0 spiro atoms. The Morgan fingerprint density at radius 2 is 2.10 bits per heavy atom. The van der Waals surface area contributed by atoms with Gasteiger partial charge in [0.05, 0.1) is 27.4 Å². The fraction of sp³-hybridized carbons (Fsp3) is 0.286. The lowest BCUT2D eigenvalue weighted by Crippen LogP contribution is -2.06. The average molecular weight is 289 g/mol. The maximum atomic E-state index is 11.1. The van der Waals surface area contributed by atoms with Crippen LogP contribution >= 0.6 is 0 Å². The van der Waals surface area contributed by atoms with E-state index < -0.39 is 10.9 Å². The van der Waals surface area contributed by atoms with Crippen molar-refractivity contribution in [3.05, 3.63) is 51.3 Å². The Labute approximate surface area is 121 Å². The van der Waals surface area contributed by atoms with Gasteiger partial charge in [-0.3, -0.25) is 10.1 Å². The standard InChI is InChI=1S/C14H15N3O4/c1-8(2)11-4-5-16(15-11)12-6-10(14(18)19)7-13(9(12)3)17(20)21/h4-8H,1-3H3,(H,18,19). The molecule has 0 amide bonds. The van der Waals surface area contributed by atoms with Crippen LogP contribution < -0.4 is 0 Å². The number of nitro groups is 1. The van der Waals surface area contributed by atoms with Gasteiger partial charge in [0.15, 0.2) is 0 Å². The molecule has 110 valence electrons. The van der Waals surface area contributed by atoms with Gasteiger partial charge >= 0.3 is 5.97 Å². The van der Waals surface area contributed by atoms with E-state index in [4.69, 9.17) is 5.11 Å². The van der Waals surface area contributed by atoms with Crippen molar-refractivity contribution in [2.45, 2.75) is 26.7 Å². The monoisotopic (exact) mass is 289 g/mol. The Hall–Kier alpha value is -2.70. The summed E-state index contributed by atoms with van der Waals surface area (Å²) >= 11 is 0. The van der Waals surface area contributed by atoms with Crippen LogP contribution in [0, 0.1) is 17.0 Å². The number of aromatic nitrogens is 2. The van der Waals surface area contributed by atoms with Gasteiger partial charge in [0, 0.05) is 12.3 Å². The highest BCUT2D eigenvalue weighted by atomic mass is 16.6. The van der Waals surface area contributed by atoms with Crippen molar-refractivity contribution in [1.82, 2.24) is 9.78 Å². The van der Waals surface area contributed by atoms with Gasteiger partial charge in [-0.25, -0.2) is 9.48 Å². The zero-order valence-corrected chi connectivity index (χ0v) is 11.9. The van der Waals surface area contributed by atoms with Gasteiger partial charge in [-0.15, -0.1) is 0 Å². The fourth-order valence-corrected chi connectivity index (χ4v) is 2.02. The number of nitro benzene ring substituents is 1. The molecule has 7 heteroatoms. The zero-order valence-electron chi connectivity index (χ0n) is 11.9. The van der Waals surface area contributed by atoms with Crippen LogP contribution in [0.4, 0.5) is 5.69 Å². The van der Waals surface area contributed by atoms with Gasteiger partial charge in [0.1, 0.15) is 0 Å². The molecule has 0 fully saturated rings. The van der Waals surface area contributed by atoms with Crippen LogP contribution in [-0.4, -0.2) is 25.8 Å². The smallest absolute Gasteiger partial charge is 0.336 e. The van der Waals surface area contributed by atoms with E-state index in [0.717, 1.165) is 11.8 Å². The largest absolute Gasteiger partial charge is 0.478 e. The number of carboxylic acid groups (broad SMARTS) is 1. The maximum Gasteiger partial charge on any atom is 0.336 e. The number of hydrogen-bond donors (Lipinski definition) is 1. The zero-order chi connectivity index (χ0) is 15.7. The first-order valence-electron chi connectivity index (χ1n) is 6.39. The molecule has 1 heterocycles. The molecule has 1 aromatic carbocycles. The van der Waals surface area contributed by atoms with E-state index in [9.17, 15) is 14.9 Å². The van der Waals surface area contributed by atoms with Gasteiger partial charge < -0.3 is 5.11 Å². The summed E-state index contributed by atoms with van der Waals surface area (Å²) in [5.41, 5.74) is 1.24. The van der Waals surface area contributed by atoms with E-state index >= 15 is 0 Å². The molecule has 0 aliphatic rings. The predicted octanol–water partition coefficient (Wildman–Crippen LogP) is 2.91. The van der Waals surface area contributed by atoms with Gasteiger partial charge in [-0.05, 0) is 25.0 Å². The minimum Gasteiger partial charge on any atom is -0.478 e. The lowest BCUT2D eigenvalue weighted by atomic mass is 10.1. The molecule has 1 aromatic heterocycles. The first-order chi connectivity index (χ1) is 9.81. The van der Waals surface area contributed by atoms with Gasteiger partial charge in [-0.2, -0.15) is 5.10 Å². The highest BCUT2D eigenvalue weighted by molar-refractivity contribution is 5.89. The van der Waals surface area contributed by atoms with E-state index in [1.807, 2.05) is 19.9 Å². The van der Waals surface area contributed by atoms with Crippen LogP contribution in [0.25, 0.3) is 5.69 Å². The normalized spacial score (nSPS) is 10.9. The van der Waals surface area contributed by atoms with E-state index in [1.54, 1.807) is 13.1 Å². The van der Waals surface area contributed by atoms with Crippen molar-refractivity contribution in [2.75, 3.05) is 0 Å². The highest BCUT2D eigenvalue weighted by Gasteiger charge is 2.20.